The molecular formula is C10H21F3N2. The van der Waals surface area contributed by atoms with Gasteiger partial charge in [-0.1, -0.05) is 6.92 Å². The van der Waals surface area contributed by atoms with Gasteiger partial charge >= 0.3 is 6.18 Å². The van der Waals surface area contributed by atoms with E-state index in [1.807, 2.05) is 13.8 Å². The molecular weight excluding hydrogens is 205 g/mol. The third-order valence-electron chi connectivity index (χ3n) is 2.16. The van der Waals surface area contributed by atoms with E-state index in [1.165, 1.54) is 0 Å². The fourth-order valence-corrected chi connectivity index (χ4v) is 1.42. The minimum absolute atomic E-state index is 0.348. The molecule has 0 aliphatic carbocycles. The smallest absolute Gasteiger partial charge is 0.314 e. The SMILES string of the molecule is CCNC(C)CCNC(C)CC(F)(F)F. The molecule has 15 heavy (non-hydrogen) atoms. The standard InChI is InChI=1S/C10H21F3N2/c1-4-14-8(2)5-6-15-9(3)7-10(11,12)13/h8-9,14-15H,4-7H2,1-3H3. The summed E-state index contributed by atoms with van der Waals surface area (Å²) in [5, 5.41) is 6.07. The molecule has 0 aliphatic heterocycles. The average Bonchev–Trinajstić information content (AvgIpc) is 2.00. The van der Waals surface area contributed by atoms with Crippen LogP contribution in [0.5, 0.6) is 0 Å². The van der Waals surface area contributed by atoms with Crippen molar-refractivity contribution in [1.82, 2.24) is 10.6 Å². The van der Waals surface area contributed by atoms with E-state index in [2.05, 4.69) is 10.6 Å². The molecule has 0 aromatic rings. The van der Waals surface area contributed by atoms with E-state index >= 15 is 0 Å². The molecule has 0 saturated carbocycles. The lowest BCUT2D eigenvalue weighted by Crippen LogP contribution is -2.35. The largest absolute Gasteiger partial charge is 0.390 e. The van der Waals surface area contributed by atoms with Crippen molar-refractivity contribution in [2.45, 2.75) is 51.9 Å². The summed E-state index contributed by atoms with van der Waals surface area (Å²) in [4.78, 5) is 0. The Hall–Kier alpha value is -0.290. The first-order valence-electron chi connectivity index (χ1n) is 5.38. The van der Waals surface area contributed by atoms with E-state index in [4.69, 9.17) is 0 Å². The molecule has 5 heteroatoms. The predicted octanol–water partition coefficient (Wildman–Crippen LogP) is 2.30. The van der Waals surface area contributed by atoms with E-state index in [0.29, 0.717) is 12.6 Å². The Morgan fingerprint density at radius 1 is 1.07 bits per heavy atom. The zero-order valence-electron chi connectivity index (χ0n) is 9.62. The number of rotatable bonds is 7. The van der Waals surface area contributed by atoms with Gasteiger partial charge in [-0.15, -0.1) is 0 Å². The summed E-state index contributed by atoms with van der Waals surface area (Å²) in [6.07, 6.45) is -3.99. The maximum absolute atomic E-state index is 12.0. The maximum Gasteiger partial charge on any atom is 0.390 e. The van der Waals surface area contributed by atoms with Crippen LogP contribution >= 0.6 is 0 Å². The Bertz CT molecular complexity index is 159. The summed E-state index contributed by atoms with van der Waals surface area (Å²) in [6.45, 7) is 7.10. The Morgan fingerprint density at radius 3 is 2.13 bits per heavy atom. The highest BCUT2D eigenvalue weighted by Gasteiger charge is 2.29. The van der Waals surface area contributed by atoms with Gasteiger partial charge < -0.3 is 10.6 Å². The molecule has 0 aliphatic rings. The van der Waals surface area contributed by atoms with E-state index in [-0.39, 0.29) is 0 Å². The second-order valence-corrected chi connectivity index (χ2v) is 3.92. The van der Waals surface area contributed by atoms with Gasteiger partial charge in [0, 0.05) is 12.1 Å². The van der Waals surface area contributed by atoms with Gasteiger partial charge in [0.1, 0.15) is 0 Å². The minimum Gasteiger partial charge on any atom is -0.314 e. The van der Waals surface area contributed by atoms with E-state index in [9.17, 15) is 13.2 Å². The highest BCUT2D eigenvalue weighted by atomic mass is 19.4. The Morgan fingerprint density at radius 2 is 1.67 bits per heavy atom. The Kier molecular flexibility index (Phi) is 6.92. The lowest BCUT2D eigenvalue weighted by molar-refractivity contribution is -0.139. The van der Waals surface area contributed by atoms with Crippen LogP contribution in [0.2, 0.25) is 0 Å². The number of hydrogen-bond acceptors (Lipinski definition) is 2. The van der Waals surface area contributed by atoms with Crippen LogP contribution in [0, 0.1) is 0 Å². The van der Waals surface area contributed by atoms with Crippen molar-refractivity contribution in [2.75, 3.05) is 13.1 Å². The lowest BCUT2D eigenvalue weighted by atomic mass is 10.2. The van der Waals surface area contributed by atoms with Crippen LogP contribution < -0.4 is 10.6 Å². The van der Waals surface area contributed by atoms with E-state index in [0.717, 1.165) is 13.0 Å². The Balaban J connectivity index is 3.50. The third-order valence-corrected chi connectivity index (χ3v) is 2.16. The van der Waals surface area contributed by atoms with Gasteiger partial charge in [0.25, 0.3) is 0 Å². The van der Waals surface area contributed by atoms with Crippen molar-refractivity contribution < 1.29 is 13.2 Å². The number of halogens is 3. The molecule has 0 rings (SSSR count). The molecule has 0 radical (unpaired) electrons. The van der Waals surface area contributed by atoms with Gasteiger partial charge in [-0.05, 0) is 33.4 Å². The van der Waals surface area contributed by atoms with E-state index < -0.39 is 18.6 Å². The monoisotopic (exact) mass is 226 g/mol. The summed E-state index contributed by atoms with van der Waals surface area (Å²) in [7, 11) is 0. The van der Waals surface area contributed by atoms with Crippen molar-refractivity contribution in [3.8, 4) is 0 Å². The van der Waals surface area contributed by atoms with Gasteiger partial charge in [-0.25, -0.2) is 0 Å². The average molecular weight is 226 g/mol. The Labute approximate surface area is 89.6 Å². The first-order chi connectivity index (χ1) is 6.85. The molecule has 0 fully saturated rings. The number of hydrogen-bond donors (Lipinski definition) is 2. The zero-order valence-corrected chi connectivity index (χ0v) is 9.62. The first kappa shape index (κ1) is 14.7. The van der Waals surface area contributed by atoms with Gasteiger partial charge in [-0.3, -0.25) is 0 Å². The van der Waals surface area contributed by atoms with Crippen molar-refractivity contribution in [3.63, 3.8) is 0 Å². The van der Waals surface area contributed by atoms with Gasteiger partial charge in [-0.2, -0.15) is 13.2 Å². The topological polar surface area (TPSA) is 24.1 Å². The van der Waals surface area contributed by atoms with Crippen molar-refractivity contribution in [2.24, 2.45) is 0 Å². The number of alkyl halides is 3. The molecule has 0 aromatic carbocycles. The second kappa shape index (κ2) is 7.06. The molecule has 2 nitrogen and oxygen atoms in total. The van der Waals surface area contributed by atoms with E-state index in [1.54, 1.807) is 6.92 Å². The molecule has 2 unspecified atom stereocenters. The van der Waals surface area contributed by atoms with Crippen LogP contribution in [-0.4, -0.2) is 31.3 Å². The molecule has 92 valence electrons. The molecule has 2 N–H and O–H groups in total. The summed E-state index contributed by atoms with van der Waals surface area (Å²) in [5.41, 5.74) is 0. The van der Waals surface area contributed by atoms with Gasteiger partial charge in [0.05, 0.1) is 6.42 Å². The normalized spacial score (nSPS) is 16.4. The second-order valence-electron chi connectivity index (χ2n) is 3.92. The van der Waals surface area contributed by atoms with Crippen LogP contribution in [0.4, 0.5) is 13.2 Å². The van der Waals surface area contributed by atoms with Crippen LogP contribution in [0.3, 0.4) is 0 Å². The fraction of sp³-hybridized carbons (Fsp3) is 1.00. The molecule has 0 amide bonds. The highest BCUT2D eigenvalue weighted by Crippen LogP contribution is 2.21. The fourth-order valence-electron chi connectivity index (χ4n) is 1.42. The van der Waals surface area contributed by atoms with Crippen molar-refractivity contribution in [3.05, 3.63) is 0 Å². The summed E-state index contributed by atoms with van der Waals surface area (Å²) in [6, 6.07) is -0.153. The minimum atomic E-state index is -4.07. The quantitative estimate of drug-likeness (QED) is 0.696. The molecule has 0 spiro atoms. The maximum atomic E-state index is 12.0. The van der Waals surface area contributed by atoms with Crippen LogP contribution in [-0.2, 0) is 0 Å². The van der Waals surface area contributed by atoms with Gasteiger partial charge in [0.2, 0.25) is 0 Å². The van der Waals surface area contributed by atoms with Crippen molar-refractivity contribution >= 4 is 0 Å². The third kappa shape index (κ3) is 10.0. The summed E-state index contributed by atoms with van der Waals surface area (Å²) >= 11 is 0. The van der Waals surface area contributed by atoms with Crippen LogP contribution in [0.1, 0.15) is 33.6 Å². The lowest BCUT2D eigenvalue weighted by Gasteiger charge is -2.17. The molecule has 2 atom stereocenters. The number of nitrogens with one attached hydrogen (secondary N) is 2. The predicted molar refractivity (Wildman–Crippen MR) is 55.9 cm³/mol. The van der Waals surface area contributed by atoms with Crippen molar-refractivity contribution in [1.29, 1.82) is 0 Å². The highest BCUT2D eigenvalue weighted by molar-refractivity contribution is 4.68. The van der Waals surface area contributed by atoms with Gasteiger partial charge in [0.15, 0.2) is 0 Å². The summed E-state index contributed by atoms with van der Waals surface area (Å²) < 4.78 is 35.9. The zero-order chi connectivity index (χ0) is 11.9. The van der Waals surface area contributed by atoms with Crippen LogP contribution in [0.25, 0.3) is 0 Å². The van der Waals surface area contributed by atoms with Crippen LogP contribution in [0.15, 0.2) is 0 Å². The molecule has 0 bridgehead atoms. The molecule has 0 saturated heterocycles. The molecule has 0 heterocycles. The molecule has 0 aromatic heterocycles. The summed E-state index contributed by atoms with van der Waals surface area (Å²) in [5.74, 6) is 0. The first-order valence-corrected chi connectivity index (χ1v) is 5.38.